The van der Waals surface area contributed by atoms with E-state index in [1.165, 1.54) is 39.3 Å². The molecule has 2 amide bonds. The van der Waals surface area contributed by atoms with Gasteiger partial charge >= 0.3 is 12.6 Å². The van der Waals surface area contributed by atoms with E-state index in [1.54, 1.807) is 0 Å². The molecule has 2 rings (SSSR count). The molecule has 1 aliphatic heterocycles. The molecule has 24 heavy (non-hydrogen) atoms. The molecule has 8 nitrogen and oxygen atoms in total. The van der Waals surface area contributed by atoms with Crippen LogP contribution in [0.2, 0.25) is 0 Å². The topological polar surface area (TPSA) is 93.9 Å². The second kappa shape index (κ2) is 6.69. The van der Waals surface area contributed by atoms with Crippen molar-refractivity contribution in [2.75, 3.05) is 14.2 Å². The highest BCUT2D eigenvalue weighted by molar-refractivity contribution is 5.78. The minimum Gasteiger partial charge on any atom is -0.493 e. The molecule has 0 saturated carbocycles. The SMILES string of the molecule is COc1cc(C2NC(=O)N(C)C(C)=C2[N+](=O)[O-])ccc1OC(F)F. The number of nitrogens with one attached hydrogen (secondary N) is 1. The van der Waals surface area contributed by atoms with Crippen LogP contribution < -0.4 is 14.8 Å². The van der Waals surface area contributed by atoms with Crippen LogP contribution in [0.1, 0.15) is 18.5 Å². The van der Waals surface area contributed by atoms with Gasteiger partial charge in [-0.05, 0) is 24.6 Å². The van der Waals surface area contributed by atoms with Gasteiger partial charge in [-0.3, -0.25) is 15.0 Å². The van der Waals surface area contributed by atoms with Crippen LogP contribution in [-0.4, -0.2) is 36.6 Å². The largest absolute Gasteiger partial charge is 0.493 e. The van der Waals surface area contributed by atoms with Crippen molar-refractivity contribution in [3.05, 3.63) is 45.3 Å². The Bertz CT molecular complexity index is 708. The van der Waals surface area contributed by atoms with Gasteiger partial charge in [0.2, 0.25) is 0 Å². The number of urea groups is 1. The van der Waals surface area contributed by atoms with Gasteiger partial charge in [-0.25, -0.2) is 4.79 Å². The maximum Gasteiger partial charge on any atom is 0.387 e. The van der Waals surface area contributed by atoms with E-state index < -0.39 is 23.6 Å². The summed E-state index contributed by atoms with van der Waals surface area (Å²) in [6, 6.07) is 2.31. The third-order valence-electron chi connectivity index (χ3n) is 3.65. The van der Waals surface area contributed by atoms with Crippen LogP contribution in [0.15, 0.2) is 29.6 Å². The highest BCUT2D eigenvalue weighted by Gasteiger charge is 2.38. The molecule has 1 N–H and O–H groups in total. The van der Waals surface area contributed by atoms with Crippen LogP contribution in [0.4, 0.5) is 13.6 Å². The van der Waals surface area contributed by atoms with E-state index >= 15 is 0 Å². The van der Waals surface area contributed by atoms with E-state index in [0.29, 0.717) is 5.56 Å². The summed E-state index contributed by atoms with van der Waals surface area (Å²) in [5, 5.41) is 13.9. The van der Waals surface area contributed by atoms with Gasteiger partial charge in [0.05, 0.1) is 17.7 Å². The fourth-order valence-corrected chi connectivity index (χ4v) is 2.36. The monoisotopic (exact) mass is 343 g/mol. The summed E-state index contributed by atoms with van der Waals surface area (Å²) in [5.74, 6) is -0.236. The van der Waals surface area contributed by atoms with Crippen LogP contribution >= 0.6 is 0 Å². The van der Waals surface area contributed by atoms with Crippen molar-refractivity contribution in [1.82, 2.24) is 10.2 Å². The zero-order valence-electron chi connectivity index (χ0n) is 13.1. The number of nitro groups is 1. The van der Waals surface area contributed by atoms with Crippen LogP contribution in [0, 0.1) is 10.1 Å². The number of halogens is 2. The number of amides is 2. The Balaban J connectivity index is 2.49. The summed E-state index contributed by atoms with van der Waals surface area (Å²) >= 11 is 0. The molecule has 1 aromatic carbocycles. The molecule has 0 aliphatic carbocycles. The third-order valence-corrected chi connectivity index (χ3v) is 3.65. The summed E-state index contributed by atoms with van der Waals surface area (Å²) in [6.45, 7) is -1.58. The Morgan fingerprint density at radius 1 is 1.38 bits per heavy atom. The molecule has 0 saturated heterocycles. The van der Waals surface area contributed by atoms with Crippen molar-refractivity contribution in [1.29, 1.82) is 0 Å². The number of nitrogens with zero attached hydrogens (tertiary/aromatic N) is 2. The molecule has 0 aromatic heterocycles. The average Bonchev–Trinajstić information content (AvgIpc) is 2.51. The Morgan fingerprint density at radius 2 is 2.04 bits per heavy atom. The maximum atomic E-state index is 12.4. The fraction of sp³-hybridized carbons (Fsp3) is 0.357. The van der Waals surface area contributed by atoms with Crippen LogP contribution in [0.25, 0.3) is 0 Å². The first kappa shape index (κ1) is 17.4. The van der Waals surface area contributed by atoms with E-state index in [0.717, 1.165) is 4.90 Å². The lowest BCUT2D eigenvalue weighted by Gasteiger charge is -2.29. The summed E-state index contributed by atoms with van der Waals surface area (Å²) in [5.41, 5.74) is 0.267. The molecule has 0 radical (unpaired) electrons. The van der Waals surface area contributed by atoms with Crippen LogP contribution in [-0.2, 0) is 0 Å². The first-order valence-corrected chi connectivity index (χ1v) is 6.78. The number of methoxy groups -OCH3 is 1. The number of hydrogen-bond donors (Lipinski definition) is 1. The van der Waals surface area contributed by atoms with Gasteiger partial charge in [-0.2, -0.15) is 8.78 Å². The molecule has 10 heteroatoms. The number of alkyl halides is 2. The Kier molecular flexibility index (Phi) is 4.86. The van der Waals surface area contributed by atoms with Gasteiger partial charge < -0.3 is 14.8 Å². The lowest BCUT2D eigenvalue weighted by atomic mass is 10.00. The average molecular weight is 343 g/mol. The van der Waals surface area contributed by atoms with Crippen LogP contribution in [0.3, 0.4) is 0 Å². The summed E-state index contributed by atoms with van der Waals surface area (Å²) in [7, 11) is 2.66. The predicted octanol–water partition coefficient (Wildman–Crippen LogP) is 2.50. The Morgan fingerprint density at radius 3 is 2.58 bits per heavy atom. The number of carbonyl (C=O) groups excluding carboxylic acids is 1. The normalized spacial score (nSPS) is 17.8. The summed E-state index contributed by atoms with van der Waals surface area (Å²) in [6.07, 6.45) is 0. The second-order valence-corrected chi connectivity index (χ2v) is 4.96. The molecule has 0 bridgehead atoms. The number of allylic oxidation sites excluding steroid dienone is 1. The highest BCUT2D eigenvalue weighted by atomic mass is 19.3. The Hall–Kier alpha value is -2.91. The molecule has 0 spiro atoms. The van der Waals surface area contributed by atoms with Crippen molar-refractivity contribution in [3.8, 4) is 11.5 Å². The molecule has 0 fully saturated rings. The molecule has 1 aliphatic rings. The van der Waals surface area contributed by atoms with Crippen molar-refractivity contribution in [2.24, 2.45) is 0 Å². The molecule has 1 atom stereocenters. The second-order valence-electron chi connectivity index (χ2n) is 4.96. The molecule has 1 aromatic rings. The summed E-state index contributed by atoms with van der Waals surface area (Å²) < 4.78 is 34.0. The van der Waals surface area contributed by atoms with Crippen molar-refractivity contribution in [2.45, 2.75) is 19.6 Å². The number of carbonyl (C=O) groups is 1. The third kappa shape index (κ3) is 3.21. The summed E-state index contributed by atoms with van der Waals surface area (Å²) in [4.78, 5) is 23.8. The van der Waals surface area contributed by atoms with Crippen molar-refractivity contribution < 1.29 is 28.0 Å². The van der Waals surface area contributed by atoms with E-state index in [2.05, 4.69) is 10.1 Å². The zero-order valence-corrected chi connectivity index (χ0v) is 13.1. The van der Waals surface area contributed by atoms with E-state index in [-0.39, 0.29) is 22.9 Å². The lowest BCUT2D eigenvalue weighted by Crippen LogP contribution is -2.45. The predicted molar refractivity (Wildman–Crippen MR) is 78.4 cm³/mol. The molecule has 1 unspecified atom stereocenters. The number of hydrogen-bond acceptors (Lipinski definition) is 5. The first-order chi connectivity index (χ1) is 11.3. The van der Waals surface area contributed by atoms with Crippen molar-refractivity contribution >= 4 is 6.03 Å². The number of benzene rings is 1. The van der Waals surface area contributed by atoms with E-state index in [4.69, 9.17) is 4.74 Å². The maximum absolute atomic E-state index is 12.4. The van der Waals surface area contributed by atoms with Gasteiger partial charge in [-0.1, -0.05) is 6.07 Å². The standard InChI is InChI=1S/C14H15F2N3O5/c1-7-12(19(21)22)11(17-14(20)18(7)2)8-4-5-9(24-13(15)16)10(6-8)23-3/h4-6,11,13H,1-3H3,(H,17,20). The van der Waals surface area contributed by atoms with Gasteiger partial charge in [0, 0.05) is 7.05 Å². The van der Waals surface area contributed by atoms with Gasteiger partial charge in [0.25, 0.3) is 5.70 Å². The minimum atomic E-state index is -3.04. The minimum absolute atomic E-state index is 0.0265. The van der Waals surface area contributed by atoms with Crippen molar-refractivity contribution in [3.63, 3.8) is 0 Å². The van der Waals surface area contributed by atoms with Crippen LogP contribution in [0.5, 0.6) is 11.5 Å². The molecule has 130 valence electrons. The molecular formula is C14H15F2N3O5. The molecular weight excluding hydrogens is 328 g/mol. The number of rotatable bonds is 5. The molecule has 1 heterocycles. The van der Waals surface area contributed by atoms with Gasteiger partial charge in [0.15, 0.2) is 11.5 Å². The number of ether oxygens (including phenoxy) is 2. The zero-order chi connectivity index (χ0) is 18.0. The highest BCUT2D eigenvalue weighted by Crippen LogP contribution is 2.36. The first-order valence-electron chi connectivity index (χ1n) is 6.78. The van der Waals surface area contributed by atoms with E-state index in [9.17, 15) is 23.7 Å². The van der Waals surface area contributed by atoms with Gasteiger partial charge in [0.1, 0.15) is 6.04 Å². The lowest BCUT2D eigenvalue weighted by molar-refractivity contribution is -0.433. The smallest absolute Gasteiger partial charge is 0.387 e. The quantitative estimate of drug-likeness (QED) is 0.655. The Labute approximate surface area is 135 Å². The van der Waals surface area contributed by atoms with Gasteiger partial charge in [-0.15, -0.1) is 0 Å². The fourth-order valence-electron chi connectivity index (χ4n) is 2.36. The van der Waals surface area contributed by atoms with E-state index in [1.807, 2.05) is 0 Å².